The Morgan fingerprint density at radius 3 is 2.33 bits per heavy atom. The minimum atomic E-state index is 0. The van der Waals surface area contributed by atoms with E-state index in [-0.39, 0.29) is 7.43 Å². The van der Waals surface area contributed by atoms with Gasteiger partial charge in [-0.25, -0.2) is 0 Å². The highest BCUT2D eigenvalue weighted by Gasteiger charge is 2.10. The molecule has 0 aromatic carbocycles. The van der Waals surface area contributed by atoms with Crippen LogP contribution in [-0.2, 0) is 0 Å². The van der Waals surface area contributed by atoms with Crippen molar-refractivity contribution >= 4 is 0 Å². The van der Waals surface area contributed by atoms with Crippen molar-refractivity contribution in [2.24, 2.45) is 11.8 Å². The Kier molecular flexibility index (Phi) is 12.5. The zero-order valence-electron chi connectivity index (χ0n) is 10.0. The molecule has 88 valence electrons. The Bertz CT molecular complexity index is 196. The molecule has 0 aromatic rings. The van der Waals surface area contributed by atoms with Gasteiger partial charge in [0, 0.05) is 0 Å². The maximum Gasteiger partial charge on any atom is -0.0135 e. The lowest BCUT2D eigenvalue weighted by Crippen LogP contribution is -2.06. The first kappa shape index (κ1) is 16.6. The van der Waals surface area contributed by atoms with Gasteiger partial charge in [0.2, 0.25) is 0 Å². The molecule has 0 amide bonds. The second-order valence-corrected chi connectivity index (χ2v) is 3.80. The van der Waals surface area contributed by atoms with Crippen LogP contribution in [0.25, 0.3) is 0 Å². The molecule has 0 bridgehead atoms. The average Bonchev–Trinajstić information content (AvgIpc) is 2.21. The summed E-state index contributed by atoms with van der Waals surface area (Å²) in [5.41, 5.74) is 0. The largest absolute Gasteiger partial charge is 0.0914 e. The van der Waals surface area contributed by atoms with E-state index in [1.54, 1.807) is 0 Å². The molecule has 2 atom stereocenters. The third kappa shape index (κ3) is 8.23. The van der Waals surface area contributed by atoms with Gasteiger partial charge >= 0.3 is 0 Å². The molecule has 0 radical (unpaired) electrons. The summed E-state index contributed by atoms with van der Waals surface area (Å²) in [5, 5.41) is 0. The third-order valence-corrected chi connectivity index (χ3v) is 2.19. The van der Waals surface area contributed by atoms with E-state index in [9.17, 15) is 0 Å². The molecule has 0 aliphatic heterocycles. The second-order valence-electron chi connectivity index (χ2n) is 3.80. The molecule has 1 aliphatic carbocycles. The van der Waals surface area contributed by atoms with Gasteiger partial charge in [-0.2, -0.15) is 0 Å². The second kappa shape index (κ2) is 11.3. The van der Waals surface area contributed by atoms with Gasteiger partial charge in [-0.1, -0.05) is 71.1 Å². The monoisotopic (exact) mass is 208 g/mol. The Morgan fingerprint density at radius 2 is 1.93 bits per heavy atom. The van der Waals surface area contributed by atoms with E-state index in [2.05, 4.69) is 64.2 Å². The van der Waals surface area contributed by atoms with E-state index in [0.717, 1.165) is 5.92 Å². The number of hydrogen-bond acceptors (Lipinski definition) is 0. The number of rotatable bonds is 2. The van der Waals surface area contributed by atoms with Gasteiger partial charge in [-0.05, 0) is 25.2 Å². The van der Waals surface area contributed by atoms with Crippen molar-refractivity contribution in [1.82, 2.24) is 0 Å². The summed E-state index contributed by atoms with van der Waals surface area (Å²) in [6, 6.07) is 0. The molecular weight excluding hydrogens is 180 g/mol. The van der Waals surface area contributed by atoms with Crippen LogP contribution in [0.5, 0.6) is 0 Å². The van der Waals surface area contributed by atoms with Gasteiger partial charge in [-0.15, -0.1) is 0 Å². The van der Waals surface area contributed by atoms with Crippen LogP contribution in [0.2, 0.25) is 0 Å². The summed E-state index contributed by atoms with van der Waals surface area (Å²) in [6.07, 6.45) is 15.7. The van der Waals surface area contributed by atoms with Crippen molar-refractivity contribution in [3.05, 3.63) is 36.5 Å². The summed E-state index contributed by atoms with van der Waals surface area (Å²) in [5.74, 6) is 1.40. The normalized spacial score (nSPS) is 20.4. The molecule has 0 saturated heterocycles. The Labute approximate surface area is 96.8 Å². The summed E-state index contributed by atoms with van der Waals surface area (Å²) < 4.78 is 0. The van der Waals surface area contributed by atoms with E-state index < -0.39 is 0 Å². The molecule has 0 fully saturated rings. The average molecular weight is 208 g/mol. The first-order valence-corrected chi connectivity index (χ1v) is 5.72. The van der Waals surface area contributed by atoms with Crippen molar-refractivity contribution in [1.29, 1.82) is 0 Å². The fourth-order valence-corrected chi connectivity index (χ4v) is 1.44. The van der Waals surface area contributed by atoms with E-state index in [4.69, 9.17) is 0 Å². The van der Waals surface area contributed by atoms with Gasteiger partial charge in [-0.3, -0.25) is 0 Å². The lowest BCUT2D eigenvalue weighted by atomic mass is 9.88. The molecule has 0 spiro atoms. The van der Waals surface area contributed by atoms with Gasteiger partial charge < -0.3 is 0 Å². The van der Waals surface area contributed by atoms with Gasteiger partial charge in [0.05, 0.1) is 0 Å². The summed E-state index contributed by atoms with van der Waals surface area (Å²) in [6.45, 7) is 8.60. The lowest BCUT2D eigenvalue weighted by Gasteiger charge is -2.17. The highest BCUT2D eigenvalue weighted by Crippen LogP contribution is 2.21. The SMILES string of the molecule is C.CC=CC(C)C1C=CC=CC1.CCC. The summed E-state index contributed by atoms with van der Waals surface area (Å²) in [4.78, 5) is 0. The van der Waals surface area contributed by atoms with Crippen molar-refractivity contribution in [2.75, 3.05) is 0 Å². The predicted octanol–water partition coefficient (Wildman–Crippen LogP) is 5.38. The fraction of sp³-hybridized carbons (Fsp3) is 0.600. The minimum Gasteiger partial charge on any atom is -0.0914 e. The number of allylic oxidation sites excluding steroid dienone is 6. The van der Waals surface area contributed by atoms with Crippen molar-refractivity contribution in [2.45, 2.75) is 48.0 Å². The molecule has 0 nitrogen and oxygen atoms in total. The molecule has 1 rings (SSSR count). The molecule has 0 heterocycles. The highest BCUT2D eigenvalue weighted by atomic mass is 14.1. The molecule has 2 unspecified atom stereocenters. The van der Waals surface area contributed by atoms with Gasteiger partial charge in [0.1, 0.15) is 0 Å². The zero-order valence-corrected chi connectivity index (χ0v) is 10.0. The third-order valence-electron chi connectivity index (χ3n) is 2.19. The Morgan fingerprint density at radius 1 is 1.33 bits per heavy atom. The molecule has 0 saturated carbocycles. The first-order valence-electron chi connectivity index (χ1n) is 5.72. The summed E-state index contributed by atoms with van der Waals surface area (Å²) >= 11 is 0. The summed E-state index contributed by atoms with van der Waals surface area (Å²) in [7, 11) is 0. The van der Waals surface area contributed by atoms with Crippen LogP contribution in [0.3, 0.4) is 0 Å². The van der Waals surface area contributed by atoms with Crippen LogP contribution in [-0.4, -0.2) is 0 Å². The predicted molar refractivity (Wildman–Crippen MR) is 73.1 cm³/mol. The smallest absolute Gasteiger partial charge is 0.0135 e. The van der Waals surface area contributed by atoms with Crippen LogP contribution in [0, 0.1) is 11.8 Å². The quantitative estimate of drug-likeness (QED) is 0.534. The Balaban J connectivity index is 0. The molecule has 0 N–H and O–H groups in total. The molecule has 15 heavy (non-hydrogen) atoms. The van der Waals surface area contributed by atoms with Gasteiger partial charge in [0.25, 0.3) is 0 Å². The van der Waals surface area contributed by atoms with Crippen LogP contribution >= 0.6 is 0 Å². The van der Waals surface area contributed by atoms with Crippen molar-refractivity contribution in [3.63, 3.8) is 0 Å². The fourth-order valence-electron chi connectivity index (χ4n) is 1.44. The van der Waals surface area contributed by atoms with Crippen LogP contribution in [0.15, 0.2) is 36.5 Å². The topological polar surface area (TPSA) is 0 Å². The standard InChI is InChI=1S/C11H16.C3H8.CH4/c1-3-7-10(2)11-8-5-4-6-9-11;1-3-2;/h3-8,10-11H,9H2,1-2H3;3H2,1-2H3;1H4. The van der Waals surface area contributed by atoms with Crippen LogP contribution in [0.1, 0.15) is 48.0 Å². The lowest BCUT2D eigenvalue weighted by molar-refractivity contribution is 0.514. The van der Waals surface area contributed by atoms with Crippen LogP contribution < -0.4 is 0 Å². The molecule has 0 aromatic heterocycles. The molecule has 0 heteroatoms. The van der Waals surface area contributed by atoms with E-state index >= 15 is 0 Å². The maximum atomic E-state index is 2.30. The van der Waals surface area contributed by atoms with E-state index in [0.29, 0.717) is 5.92 Å². The zero-order chi connectivity index (χ0) is 10.8. The maximum absolute atomic E-state index is 2.30. The highest BCUT2D eigenvalue weighted by molar-refractivity contribution is 5.13. The van der Waals surface area contributed by atoms with E-state index in [1.807, 2.05) is 0 Å². The Hall–Kier alpha value is -0.780. The molecular formula is C15H28. The first-order chi connectivity index (χ1) is 6.76. The van der Waals surface area contributed by atoms with Gasteiger partial charge in [0.15, 0.2) is 0 Å². The molecule has 1 aliphatic rings. The van der Waals surface area contributed by atoms with Crippen LogP contribution in [0.4, 0.5) is 0 Å². The number of hydrogen-bond donors (Lipinski definition) is 0. The van der Waals surface area contributed by atoms with E-state index in [1.165, 1.54) is 12.8 Å². The van der Waals surface area contributed by atoms with Crippen molar-refractivity contribution in [3.8, 4) is 0 Å². The minimum absolute atomic E-state index is 0. The van der Waals surface area contributed by atoms with Crippen molar-refractivity contribution < 1.29 is 0 Å².